The van der Waals surface area contributed by atoms with E-state index in [1.165, 1.54) is 0 Å². The summed E-state index contributed by atoms with van der Waals surface area (Å²) >= 11 is 0. The van der Waals surface area contributed by atoms with E-state index in [0.717, 1.165) is 5.69 Å². The third-order valence-electron chi connectivity index (χ3n) is 2.80. The van der Waals surface area contributed by atoms with Crippen LogP contribution < -0.4 is 10.6 Å². The Morgan fingerprint density at radius 1 is 1.09 bits per heavy atom. The molecule has 0 bridgehead atoms. The summed E-state index contributed by atoms with van der Waals surface area (Å²) in [5, 5.41) is 14.1. The van der Waals surface area contributed by atoms with Gasteiger partial charge in [0.05, 0.1) is 18.9 Å². The van der Waals surface area contributed by atoms with Crippen LogP contribution in [0.1, 0.15) is 37.0 Å². The zero-order valence-electron chi connectivity index (χ0n) is 13.3. The van der Waals surface area contributed by atoms with E-state index < -0.39 is 5.97 Å². The lowest BCUT2D eigenvalue weighted by atomic mass is 10.2. The number of hydrogen-bond acceptors (Lipinski definition) is 5. The number of amides is 1. The molecule has 0 saturated heterocycles. The van der Waals surface area contributed by atoms with Crippen LogP contribution in [0.4, 0.5) is 5.69 Å². The summed E-state index contributed by atoms with van der Waals surface area (Å²) in [6.07, 6.45) is 0.0226. The first kappa shape index (κ1) is 18.5. The molecule has 3 N–H and O–H groups in total. The summed E-state index contributed by atoms with van der Waals surface area (Å²) in [4.78, 5) is 33.5. The lowest BCUT2D eigenvalue weighted by molar-refractivity contribution is -0.147. The summed E-state index contributed by atoms with van der Waals surface area (Å²) in [6.45, 7) is 4.12. The molecule has 0 aromatic heterocycles. The molecule has 7 heteroatoms. The number of carbonyl (C=O) groups is 3. The topological polar surface area (TPSA) is 105 Å². The number of benzene rings is 1. The number of nitrogens with one attached hydrogen (secondary N) is 2. The second-order valence-electron chi connectivity index (χ2n) is 5.19. The molecule has 126 valence electrons. The quantitative estimate of drug-likeness (QED) is 0.597. The van der Waals surface area contributed by atoms with E-state index >= 15 is 0 Å². The summed E-state index contributed by atoms with van der Waals surface area (Å²) in [6, 6.07) is 6.70. The van der Waals surface area contributed by atoms with Gasteiger partial charge in [-0.25, -0.2) is 0 Å². The maximum atomic E-state index is 11.8. The predicted octanol–water partition coefficient (Wildman–Crippen LogP) is 1.64. The van der Waals surface area contributed by atoms with Gasteiger partial charge in [0.25, 0.3) is 5.91 Å². The first-order valence-corrected chi connectivity index (χ1v) is 7.42. The van der Waals surface area contributed by atoms with E-state index in [0.29, 0.717) is 12.1 Å². The van der Waals surface area contributed by atoms with Crippen molar-refractivity contribution in [2.75, 3.05) is 18.4 Å². The van der Waals surface area contributed by atoms with Crippen LogP contribution in [-0.2, 0) is 14.3 Å². The largest absolute Gasteiger partial charge is 0.481 e. The first-order chi connectivity index (χ1) is 10.9. The monoisotopic (exact) mass is 322 g/mol. The van der Waals surface area contributed by atoms with Crippen LogP contribution in [0.2, 0.25) is 0 Å². The van der Waals surface area contributed by atoms with Crippen LogP contribution in [0.3, 0.4) is 0 Å². The predicted molar refractivity (Wildman–Crippen MR) is 85.4 cm³/mol. The van der Waals surface area contributed by atoms with Gasteiger partial charge < -0.3 is 20.5 Å². The maximum Gasteiger partial charge on any atom is 0.307 e. The Kier molecular flexibility index (Phi) is 7.59. The average Bonchev–Trinajstić information content (AvgIpc) is 2.46. The van der Waals surface area contributed by atoms with Crippen LogP contribution in [0.25, 0.3) is 0 Å². The molecule has 0 atom stereocenters. The van der Waals surface area contributed by atoms with Gasteiger partial charge in [0.15, 0.2) is 0 Å². The number of rotatable bonds is 9. The van der Waals surface area contributed by atoms with Gasteiger partial charge in [-0.05, 0) is 38.1 Å². The number of carboxylic acids is 1. The second kappa shape index (κ2) is 9.45. The molecule has 1 aromatic carbocycles. The fraction of sp³-hybridized carbons (Fsp3) is 0.438. The van der Waals surface area contributed by atoms with Crippen LogP contribution in [0, 0.1) is 0 Å². The van der Waals surface area contributed by atoms with Gasteiger partial charge in [0.2, 0.25) is 0 Å². The van der Waals surface area contributed by atoms with Gasteiger partial charge in [-0.1, -0.05) is 0 Å². The molecule has 1 amide bonds. The van der Waals surface area contributed by atoms with E-state index in [1.54, 1.807) is 38.1 Å². The molecule has 23 heavy (non-hydrogen) atoms. The highest BCUT2D eigenvalue weighted by molar-refractivity contribution is 5.94. The minimum atomic E-state index is -0.958. The van der Waals surface area contributed by atoms with Crippen LogP contribution >= 0.6 is 0 Å². The molecule has 0 heterocycles. The third-order valence-corrected chi connectivity index (χ3v) is 2.80. The zero-order chi connectivity index (χ0) is 17.2. The number of hydrogen-bond donors (Lipinski definition) is 3. The summed E-state index contributed by atoms with van der Waals surface area (Å²) in [5.74, 6) is -1.54. The summed E-state index contributed by atoms with van der Waals surface area (Å²) in [5.41, 5.74) is 1.23. The fourth-order valence-corrected chi connectivity index (χ4v) is 1.76. The number of aliphatic carboxylic acids is 1. The Morgan fingerprint density at radius 3 is 2.30 bits per heavy atom. The van der Waals surface area contributed by atoms with Crippen molar-refractivity contribution >= 4 is 23.5 Å². The third kappa shape index (κ3) is 7.85. The lowest BCUT2D eigenvalue weighted by Crippen LogP contribution is -2.25. The van der Waals surface area contributed by atoms with Gasteiger partial charge in [0.1, 0.15) is 0 Å². The number of ether oxygens (including phenoxy) is 1. The molecule has 7 nitrogen and oxygen atoms in total. The van der Waals surface area contributed by atoms with Crippen LogP contribution in [-0.4, -0.2) is 42.1 Å². The van der Waals surface area contributed by atoms with E-state index in [4.69, 9.17) is 9.84 Å². The normalized spacial score (nSPS) is 10.2. The number of carboxylic acid groups (broad SMARTS) is 1. The second-order valence-corrected chi connectivity index (χ2v) is 5.19. The van der Waals surface area contributed by atoms with Crippen molar-refractivity contribution in [2.24, 2.45) is 0 Å². The Labute approximate surface area is 135 Å². The minimum Gasteiger partial charge on any atom is -0.481 e. The van der Waals surface area contributed by atoms with Crippen molar-refractivity contribution in [1.82, 2.24) is 5.32 Å². The molecular weight excluding hydrogens is 300 g/mol. The number of anilines is 1. The summed E-state index contributed by atoms with van der Waals surface area (Å²) < 4.78 is 5.02. The number of carbonyl (C=O) groups excluding carboxylic acids is 2. The van der Waals surface area contributed by atoms with Gasteiger partial charge in [-0.2, -0.15) is 0 Å². The molecule has 0 aliphatic rings. The van der Waals surface area contributed by atoms with Crippen LogP contribution in [0.15, 0.2) is 24.3 Å². The van der Waals surface area contributed by atoms with Gasteiger partial charge >= 0.3 is 11.9 Å². The molecule has 1 aromatic rings. The fourth-order valence-electron chi connectivity index (χ4n) is 1.76. The Hall–Kier alpha value is -2.57. The molecule has 0 spiro atoms. The van der Waals surface area contributed by atoms with Crippen molar-refractivity contribution in [2.45, 2.75) is 32.8 Å². The van der Waals surface area contributed by atoms with Crippen LogP contribution in [0.5, 0.6) is 0 Å². The average molecular weight is 322 g/mol. The first-order valence-electron chi connectivity index (χ1n) is 7.42. The van der Waals surface area contributed by atoms with Crippen molar-refractivity contribution in [1.29, 1.82) is 0 Å². The molecule has 0 radical (unpaired) electrons. The van der Waals surface area contributed by atoms with Gasteiger partial charge in [0, 0.05) is 24.3 Å². The molecule has 0 fully saturated rings. The Morgan fingerprint density at radius 2 is 1.74 bits per heavy atom. The number of esters is 1. The van der Waals surface area contributed by atoms with Crippen molar-refractivity contribution in [3.8, 4) is 0 Å². The molecule has 0 aliphatic carbocycles. The Bertz CT molecular complexity index is 540. The smallest absolute Gasteiger partial charge is 0.307 e. The zero-order valence-corrected chi connectivity index (χ0v) is 13.3. The molecular formula is C16H22N2O5. The Balaban J connectivity index is 2.36. The summed E-state index contributed by atoms with van der Waals surface area (Å²) in [7, 11) is 0. The minimum absolute atomic E-state index is 0.0894. The lowest BCUT2D eigenvalue weighted by Gasteiger charge is -2.09. The van der Waals surface area contributed by atoms with Gasteiger partial charge in [-0.15, -0.1) is 0 Å². The van der Waals surface area contributed by atoms with E-state index in [2.05, 4.69) is 10.6 Å². The molecule has 0 saturated carbocycles. The SMILES string of the molecule is CC(C)OC(=O)CCNc1ccc(C(=O)NCCC(=O)O)cc1. The highest BCUT2D eigenvalue weighted by atomic mass is 16.5. The van der Waals surface area contributed by atoms with Crippen molar-refractivity contribution in [3.63, 3.8) is 0 Å². The van der Waals surface area contributed by atoms with Crippen molar-refractivity contribution < 1.29 is 24.2 Å². The molecule has 0 aliphatic heterocycles. The van der Waals surface area contributed by atoms with E-state index in [-0.39, 0.29) is 37.4 Å². The van der Waals surface area contributed by atoms with Gasteiger partial charge in [-0.3, -0.25) is 14.4 Å². The highest BCUT2D eigenvalue weighted by Crippen LogP contribution is 2.09. The van der Waals surface area contributed by atoms with Crippen molar-refractivity contribution in [3.05, 3.63) is 29.8 Å². The van der Waals surface area contributed by atoms with E-state index in [9.17, 15) is 14.4 Å². The maximum absolute atomic E-state index is 11.8. The standard InChI is InChI=1S/C16H22N2O5/c1-11(2)23-15(21)8-10-17-13-5-3-12(4-6-13)16(22)18-9-7-14(19)20/h3-6,11,17H,7-10H2,1-2H3,(H,18,22)(H,19,20). The van der Waals surface area contributed by atoms with E-state index in [1.807, 2.05) is 0 Å². The molecule has 0 unspecified atom stereocenters. The highest BCUT2D eigenvalue weighted by Gasteiger charge is 2.07. The molecule has 1 rings (SSSR count).